The number of nitrogens with two attached hydrogens (primary N) is 1. The number of rotatable bonds is 4. The van der Waals surface area contributed by atoms with Gasteiger partial charge in [0.1, 0.15) is 0 Å². The van der Waals surface area contributed by atoms with Crippen molar-refractivity contribution < 1.29 is 4.79 Å². The molecule has 24 heavy (non-hydrogen) atoms. The van der Waals surface area contributed by atoms with Crippen LogP contribution < -0.4 is 5.73 Å². The number of carbonyl (C=O) groups is 1. The van der Waals surface area contributed by atoms with Crippen LogP contribution >= 0.6 is 0 Å². The van der Waals surface area contributed by atoms with Crippen LogP contribution in [0.4, 0.5) is 0 Å². The van der Waals surface area contributed by atoms with Crippen molar-refractivity contribution in [3.8, 4) is 11.1 Å². The van der Waals surface area contributed by atoms with E-state index in [9.17, 15) is 4.79 Å². The number of amides is 1. The molecule has 0 unspecified atom stereocenters. The van der Waals surface area contributed by atoms with Crippen LogP contribution in [0.15, 0.2) is 67.0 Å². The molecule has 3 heteroatoms. The van der Waals surface area contributed by atoms with Gasteiger partial charge in [0.15, 0.2) is 0 Å². The molecule has 3 rings (SSSR count). The quantitative estimate of drug-likeness (QED) is 0.779. The highest BCUT2D eigenvalue weighted by molar-refractivity contribution is 5.93. The van der Waals surface area contributed by atoms with E-state index in [4.69, 9.17) is 5.73 Å². The van der Waals surface area contributed by atoms with E-state index >= 15 is 0 Å². The summed E-state index contributed by atoms with van der Waals surface area (Å²) in [6.45, 7) is 2.00. The summed E-state index contributed by atoms with van der Waals surface area (Å²) in [5.74, 6) is -0.419. The van der Waals surface area contributed by atoms with Gasteiger partial charge in [-0.05, 0) is 47.4 Å². The van der Waals surface area contributed by atoms with Gasteiger partial charge in [0, 0.05) is 23.5 Å². The Morgan fingerprint density at radius 3 is 2.50 bits per heavy atom. The lowest BCUT2D eigenvalue weighted by atomic mass is 10.0. The molecule has 2 aromatic carbocycles. The van der Waals surface area contributed by atoms with Crippen molar-refractivity contribution in [2.24, 2.45) is 5.73 Å². The van der Waals surface area contributed by atoms with Gasteiger partial charge in [0.2, 0.25) is 5.91 Å². The Bertz CT molecular complexity index is 899. The molecule has 2 N–H and O–H groups in total. The first-order chi connectivity index (χ1) is 11.6. The van der Waals surface area contributed by atoms with Gasteiger partial charge in [0.25, 0.3) is 0 Å². The van der Waals surface area contributed by atoms with E-state index in [2.05, 4.69) is 23.2 Å². The molecule has 0 aliphatic carbocycles. The molecule has 1 aromatic heterocycles. The van der Waals surface area contributed by atoms with Crippen molar-refractivity contribution in [2.75, 3.05) is 0 Å². The first kappa shape index (κ1) is 15.7. The summed E-state index contributed by atoms with van der Waals surface area (Å²) in [5, 5.41) is 0. The zero-order valence-electron chi connectivity index (χ0n) is 13.4. The Morgan fingerprint density at radius 2 is 1.75 bits per heavy atom. The molecule has 1 amide bonds. The SMILES string of the molecule is Cc1ccc(C(N)=O)cc1/C=C/c1cncc(-c2ccccc2)c1. The van der Waals surface area contributed by atoms with Crippen LogP contribution in [0.5, 0.6) is 0 Å². The zero-order valence-corrected chi connectivity index (χ0v) is 13.4. The molecule has 0 radical (unpaired) electrons. The van der Waals surface area contributed by atoms with E-state index in [-0.39, 0.29) is 0 Å². The van der Waals surface area contributed by atoms with Gasteiger partial charge in [0.05, 0.1) is 0 Å². The number of aryl methyl sites for hydroxylation is 1. The molecule has 0 atom stereocenters. The number of primary amides is 1. The Balaban J connectivity index is 1.90. The number of benzene rings is 2. The van der Waals surface area contributed by atoms with Gasteiger partial charge in [-0.25, -0.2) is 0 Å². The minimum Gasteiger partial charge on any atom is -0.366 e. The molecule has 0 aliphatic rings. The van der Waals surface area contributed by atoms with E-state index in [0.29, 0.717) is 5.56 Å². The summed E-state index contributed by atoms with van der Waals surface area (Å²) in [6, 6.07) is 17.7. The van der Waals surface area contributed by atoms with Crippen molar-refractivity contribution in [3.05, 3.63) is 89.2 Å². The number of nitrogens with zero attached hydrogens (tertiary/aromatic N) is 1. The van der Waals surface area contributed by atoms with Crippen LogP contribution in [0.1, 0.15) is 27.0 Å². The number of aromatic nitrogens is 1. The third-order valence-electron chi connectivity index (χ3n) is 3.89. The molecule has 0 aliphatic heterocycles. The smallest absolute Gasteiger partial charge is 0.248 e. The fourth-order valence-electron chi connectivity index (χ4n) is 2.50. The molecule has 118 valence electrons. The van der Waals surface area contributed by atoms with Gasteiger partial charge in [-0.2, -0.15) is 0 Å². The summed E-state index contributed by atoms with van der Waals surface area (Å²) in [7, 11) is 0. The van der Waals surface area contributed by atoms with Crippen molar-refractivity contribution in [1.29, 1.82) is 0 Å². The third-order valence-corrected chi connectivity index (χ3v) is 3.89. The maximum absolute atomic E-state index is 11.3. The number of hydrogen-bond donors (Lipinski definition) is 1. The Labute approximate surface area is 141 Å². The Morgan fingerprint density at radius 1 is 0.958 bits per heavy atom. The van der Waals surface area contributed by atoms with Crippen LogP contribution in [0.3, 0.4) is 0 Å². The molecule has 3 nitrogen and oxygen atoms in total. The minimum absolute atomic E-state index is 0.419. The van der Waals surface area contributed by atoms with Crippen LogP contribution in [0.25, 0.3) is 23.3 Å². The predicted molar refractivity (Wildman–Crippen MR) is 98.3 cm³/mol. The average Bonchev–Trinajstić information content (AvgIpc) is 2.62. The lowest BCUT2D eigenvalue weighted by Crippen LogP contribution is -2.10. The lowest BCUT2D eigenvalue weighted by Gasteiger charge is -2.04. The number of pyridine rings is 1. The monoisotopic (exact) mass is 314 g/mol. The maximum atomic E-state index is 11.3. The summed E-state index contributed by atoms with van der Waals surface area (Å²) < 4.78 is 0. The largest absolute Gasteiger partial charge is 0.366 e. The summed E-state index contributed by atoms with van der Waals surface area (Å²) in [6.07, 6.45) is 7.64. The molecule has 0 saturated carbocycles. The van der Waals surface area contributed by atoms with Crippen LogP contribution in [-0.4, -0.2) is 10.9 Å². The first-order valence-electron chi connectivity index (χ1n) is 7.72. The topological polar surface area (TPSA) is 56.0 Å². The first-order valence-corrected chi connectivity index (χ1v) is 7.72. The van der Waals surface area contributed by atoms with Crippen LogP contribution in [-0.2, 0) is 0 Å². The molecule has 0 spiro atoms. The fraction of sp³-hybridized carbons (Fsp3) is 0.0476. The molecule has 0 bridgehead atoms. The highest BCUT2D eigenvalue weighted by Crippen LogP contribution is 2.20. The second-order valence-electron chi connectivity index (χ2n) is 5.64. The molecule has 0 fully saturated rings. The van der Waals surface area contributed by atoms with Gasteiger partial charge in [-0.3, -0.25) is 9.78 Å². The Kier molecular flexibility index (Phi) is 4.52. The van der Waals surface area contributed by atoms with Gasteiger partial charge >= 0.3 is 0 Å². The van der Waals surface area contributed by atoms with Crippen molar-refractivity contribution in [2.45, 2.75) is 6.92 Å². The maximum Gasteiger partial charge on any atom is 0.248 e. The molecule has 0 saturated heterocycles. The molecule has 1 heterocycles. The van der Waals surface area contributed by atoms with E-state index in [1.165, 1.54) is 0 Å². The zero-order chi connectivity index (χ0) is 16.9. The normalized spacial score (nSPS) is 10.9. The summed E-state index contributed by atoms with van der Waals surface area (Å²) >= 11 is 0. The van der Waals surface area contributed by atoms with Crippen molar-refractivity contribution in [3.63, 3.8) is 0 Å². The van der Waals surface area contributed by atoms with Gasteiger partial charge < -0.3 is 5.73 Å². The second-order valence-corrected chi connectivity index (χ2v) is 5.64. The molecule has 3 aromatic rings. The third kappa shape index (κ3) is 3.58. The molecular formula is C21H18N2O. The van der Waals surface area contributed by atoms with E-state index in [1.54, 1.807) is 6.07 Å². The van der Waals surface area contributed by atoms with E-state index in [1.807, 2.05) is 61.8 Å². The van der Waals surface area contributed by atoms with E-state index < -0.39 is 5.91 Å². The number of carbonyl (C=O) groups excluding carboxylic acids is 1. The fourth-order valence-corrected chi connectivity index (χ4v) is 2.50. The highest BCUT2D eigenvalue weighted by atomic mass is 16.1. The lowest BCUT2D eigenvalue weighted by molar-refractivity contribution is 0.100. The van der Waals surface area contributed by atoms with E-state index in [0.717, 1.165) is 27.8 Å². The second kappa shape index (κ2) is 6.92. The van der Waals surface area contributed by atoms with Crippen LogP contribution in [0.2, 0.25) is 0 Å². The highest BCUT2D eigenvalue weighted by Gasteiger charge is 2.03. The average molecular weight is 314 g/mol. The Hall–Kier alpha value is -3.20. The standard InChI is InChI=1S/C21H18N2O/c1-15-7-9-19(21(22)24)12-18(15)10-8-16-11-20(14-23-13-16)17-5-3-2-4-6-17/h2-14H,1H3,(H2,22,24)/b10-8+. The van der Waals surface area contributed by atoms with Crippen LogP contribution in [0, 0.1) is 6.92 Å². The summed E-state index contributed by atoms with van der Waals surface area (Å²) in [5.41, 5.74) is 11.1. The van der Waals surface area contributed by atoms with Crippen molar-refractivity contribution in [1.82, 2.24) is 4.98 Å². The summed E-state index contributed by atoms with van der Waals surface area (Å²) in [4.78, 5) is 15.6. The molecular weight excluding hydrogens is 296 g/mol. The number of hydrogen-bond acceptors (Lipinski definition) is 2. The van der Waals surface area contributed by atoms with Gasteiger partial charge in [-0.15, -0.1) is 0 Å². The predicted octanol–water partition coefficient (Wildman–Crippen LogP) is 4.33. The van der Waals surface area contributed by atoms with Gasteiger partial charge in [-0.1, -0.05) is 48.6 Å². The van der Waals surface area contributed by atoms with Crippen molar-refractivity contribution >= 4 is 18.1 Å². The minimum atomic E-state index is -0.419.